The molecule has 4 heteroatoms. The second-order valence-electron chi connectivity index (χ2n) is 8.73. The molecule has 0 N–H and O–H groups in total. The van der Waals surface area contributed by atoms with Gasteiger partial charge in [-0.2, -0.15) is 9.61 Å². The summed E-state index contributed by atoms with van der Waals surface area (Å²) in [5, 5.41) is 4.85. The van der Waals surface area contributed by atoms with Crippen LogP contribution < -0.4 is 4.90 Å². The third-order valence-electron chi connectivity index (χ3n) is 6.46. The smallest absolute Gasteiger partial charge is 0.157 e. The Morgan fingerprint density at radius 2 is 1.79 bits per heavy atom. The van der Waals surface area contributed by atoms with Crippen molar-refractivity contribution in [2.24, 2.45) is 0 Å². The lowest BCUT2D eigenvalue weighted by Gasteiger charge is -2.30. The molecule has 154 valence electrons. The molecular formula is C25H34N4. The summed E-state index contributed by atoms with van der Waals surface area (Å²) in [5.41, 5.74) is 11.6. The molecular weight excluding hydrogens is 356 g/mol. The van der Waals surface area contributed by atoms with Crippen molar-refractivity contribution in [1.82, 2.24) is 14.6 Å². The first-order chi connectivity index (χ1) is 13.9. The summed E-state index contributed by atoms with van der Waals surface area (Å²) in [6.07, 6.45) is 7.09. The number of rotatable bonds is 4. The fourth-order valence-electron chi connectivity index (χ4n) is 5.08. The van der Waals surface area contributed by atoms with Crippen LogP contribution in [0.4, 0.5) is 11.5 Å². The summed E-state index contributed by atoms with van der Waals surface area (Å²) >= 11 is 0. The molecule has 1 aromatic carbocycles. The van der Waals surface area contributed by atoms with Crippen molar-refractivity contribution in [2.75, 3.05) is 11.4 Å². The molecule has 1 aliphatic heterocycles. The Morgan fingerprint density at radius 3 is 2.55 bits per heavy atom. The minimum Gasteiger partial charge on any atom is -0.325 e. The minimum absolute atomic E-state index is 0.958. The Hall–Kier alpha value is -2.36. The number of aryl methyl sites for hydroxylation is 4. The third kappa shape index (κ3) is 3.43. The van der Waals surface area contributed by atoms with Crippen molar-refractivity contribution in [3.8, 4) is 0 Å². The molecule has 0 radical (unpaired) electrons. The Kier molecular flexibility index (Phi) is 5.37. The van der Waals surface area contributed by atoms with E-state index in [0.29, 0.717) is 0 Å². The molecule has 0 unspecified atom stereocenters. The summed E-state index contributed by atoms with van der Waals surface area (Å²) in [4.78, 5) is 7.42. The molecule has 29 heavy (non-hydrogen) atoms. The average Bonchev–Trinajstić information content (AvgIpc) is 2.89. The molecule has 0 fully saturated rings. The molecule has 3 aromatic rings. The highest BCUT2D eigenvalue weighted by Gasteiger charge is 2.26. The third-order valence-corrected chi connectivity index (χ3v) is 6.46. The van der Waals surface area contributed by atoms with E-state index in [1.54, 1.807) is 0 Å². The lowest BCUT2D eigenvalue weighted by molar-refractivity contribution is 0.753. The van der Waals surface area contributed by atoms with Crippen molar-refractivity contribution in [3.63, 3.8) is 0 Å². The molecule has 4 rings (SSSR count). The molecule has 4 nitrogen and oxygen atoms in total. The van der Waals surface area contributed by atoms with E-state index in [1.165, 1.54) is 65.0 Å². The van der Waals surface area contributed by atoms with Gasteiger partial charge in [-0.15, -0.1) is 0 Å². The van der Waals surface area contributed by atoms with Crippen LogP contribution in [-0.2, 0) is 12.8 Å². The maximum Gasteiger partial charge on any atom is 0.157 e. The highest BCUT2D eigenvalue weighted by atomic mass is 15.4. The molecule has 0 amide bonds. The molecule has 0 saturated carbocycles. The predicted octanol–water partition coefficient (Wildman–Crippen LogP) is 6.09. The number of benzene rings is 1. The van der Waals surface area contributed by atoms with Gasteiger partial charge in [0.15, 0.2) is 5.65 Å². The molecule has 0 aliphatic carbocycles. The number of hydrogen-bond donors (Lipinski definition) is 0. The Bertz CT molecular complexity index is 1060. The second-order valence-corrected chi connectivity index (χ2v) is 8.73. The monoisotopic (exact) mass is 390 g/mol. The van der Waals surface area contributed by atoms with E-state index in [-0.39, 0.29) is 0 Å². The van der Waals surface area contributed by atoms with Gasteiger partial charge in [-0.25, -0.2) is 4.98 Å². The van der Waals surface area contributed by atoms with Crippen molar-refractivity contribution in [2.45, 2.75) is 80.1 Å². The predicted molar refractivity (Wildman–Crippen MR) is 122 cm³/mol. The first kappa shape index (κ1) is 19.9. The lowest BCUT2D eigenvalue weighted by atomic mass is 9.93. The number of fused-ring (bicyclic) bond motifs is 3. The van der Waals surface area contributed by atoms with Crippen molar-refractivity contribution < 1.29 is 0 Å². The minimum atomic E-state index is 0.958. The number of unbranched alkanes of at least 4 members (excludes halogenated alkanes) is 1. The van der Waals surface area contributed by atoms with Gasteiger partial charge in [0.1, 0.15) is 5.82 Å². The SMILES string of the molecule is CCCCc1c(C)cc(C)c(N2CCCCc3c(C)nc4cc(C)nn4c32)c1C. The lowest BCUT2D eigenvalue weighted by Crippen LogP contribution is -2.24. The number of aromatic nitrogens is 3. The number of anilines is 2. The van der Waals surface area contributed by atoms with Crippen LogP contribution in [-0.4, -0.2) is 21.1 Å². The van der Waals surface area contributed by atoms with Crippen LogP contribution in [0.15, 0.2) is 12.1 Å². The zero-order chi connectivity index (χ0) is 20.7. The van der Waals surface area contributed by atoms with Crippen molar-refractivity contribution >= 4 is 17.2 Å². The molecule has 0 saturated heterocycles. The fourth-order valence-corrected chi connectivity index (χ4v) is 5.08. The summed E-state index contributed by atoms with van der Waals surface area (Å²) in [7, 11) is 0. The van der Waals surface area contributed by atoms with E-state index < -0.39 is 0 Å². The highest BCUT2D eigenvalue weighted by molar-refractivity contribution is 5.74. The van der Waals surface area contributed by atoms with Gasteiger partial charge in [0.05, 0.1) is 5.69 Å². The normalized spacial score (nSPS) is 14.3. The Morgan fingerprint density at radius 1 is 1.00 bits per heavy atom. The van der Waals surface area contributed by atoms with Gasteiger partial charge in [-0.05, 0) is 89.0 Å². The van der Waals surface area contributed by atoms with Gasteiger partial charge >= 0.3 is 0 Å². The molecule has 1 aliphatic rings. The van der Waals surface area contributed by atoms with Gasteiger partial charge in [0, 0.05) is 29.6 Å². The van der Waals surface area contributed by atoms with E-state index in [9.17, 15) is 0 Å². The van der Waals surface area contributed by atoms with Gasteiger partial charge in [-0.3, -0.25) is 0 Å². The van der Waals surface area contributed by atoms with Crippen LogP contribution in [0.25, 0.3) is 5.65 Å². The van der Waals surface area contributed by atoms with E-state index in [1.807, 2.05) is 0 Å². The summed E-state index contributed by atoms with van der Waals surface area (Å²) in [6.45, 7) is 14.4. The van der Waals surface area contributed by atoms with Crippen molar-refractivity contribution in [1.29, 1.82) is 0 Å². The molecule has 0 spiro atoms. The van der Waals surface area contributed by atoms with Gasteiger partial charge in [0.2, 0.25) is 0 Å². The Balaban J connectivity index is 1.98. The van der Waals surface area contributed by atoms with Gasteiger partial charge in [0.25, 0.3) is 0 Å². The maximum absolute atomic E-state index is 4.87. The van der Waals surface area contributed by atoms with Crippen LogP contribution in [0.2, 0.25) is 0 Å². The largest absolute Gasteiger partial charge is 0.325 e. The number of hydrogen-bond acceptors (Lipinski definition) is 3. The van der Waals surface area contributed by atoms with Crippen LogP contribution >= 0.6 is 0 Å². The zero-order valence-electron chi connectivity index (χ0n) is 18.9. The molecule has 3 heterocycles. The van der Waals surface area contributed by atoms with Crippen LogP contribution in [0.3, 0.4) is 0 Å². The molecule has 0 atom stereocenters. The molecule has 0 bridgehead atoms. The van der Waals surface area contributed by atoms with Crippen LogP contribution in [0, 0.1) is 34.6 Å². The van der Waals surface area contributed by atoms with Crippen molar-refractivity contribution in [3.05, 3.63) is 51.3 Å². The fraction of sp³-hybridized carbons (Fsp3) is 0.520. The van der Waals surface area contributed by atoms with E-state index in [4.69, 9.17) is 10.1 Å². The standard InChI is InChI=1S/C25H34N4/c1-7-8-11-21-16(2)14-17(3)24(19(21)5)28-13-10-9-12-22-20(6)26-23-15-18(4)27-29(23)25(22)28/h14-15H,7-13H2,1-6H3. The second kappa shape index (κ2) is 7.81. The van der Waals surface area contributed by atoms with Gasteiger partial charge < -0.3 is 4.90 Å². The average molecular weight is 391 g/mol. The quantitative estimate of drug-likeness (QED) is 0.540. The van der Waals surface area contributed by atoms with Crippen LogP contribution in [0.1, 0.15) is 71.8 Å². The first-order valence-electron chi connectivity index (χ1n) is 11.2. The topological polar surface area (TPSA) is 33.4 Å². The van der Waals surface area contributed by atoms with E-state index >= 15 is 0 Å². The summed E-state index contributed by atoms with van der Waals surface area (Å²) in [5.74, 6) is 1.23. The number of nitrogens with zero attached hydrogens (tertiary/aromatic N) is 4. The van der Waals surface area contributed by atoms with Crippen LogP contribution in [0.5, 0.6) is 0 Å². The maximum atomic E-state index is 4.87. The first-order valence-corrected chi connectivity index (χ1v) is 11.2. The van der Waals surface area contributed by atoms with E-state index in [2.05, 4.69) is 63.1 Å². The summed E-state index contributed by atoms with van der Waals surface area (Å²) < 4.78 is 2.09. The zero-order valence-corrected chi connectivity index (χ0v) is 18.9. The highest BCUT2D eigenvalue weighted by Crippen LogP contribution is 2.39. The summed E-state index contributed by atoms with van der Waals surface area (Å²) in [6, 6.07) is 4.48. The Labute approximate surface area is 175 Å². The van der Waals surface area contributed by atoms with E-state index in [0.717, 1.165) is 36.4 Å². The van der Waals surface area contributed by atoms with Gasteiger partial charge in [-0.1, -0.05) is 19.4 Å². The molecule has 2 aromatic heterocycles.